The fourth-order valence-corrected chi connectivity index (χ4v) is 3.78. The number of hydrogen-bond donors (Lipinski definition) is 0. The van der Waals surface area contributed by atoms with E-state index in [4.69, 9.17) is 24.9 Å². The van der Waals surface area contributed by atoms with Crippen molar-refractivity contribution in [3.8, 4) is 0 Å². The number of rotatable bonds is 5. The van der Waals surface area contributed by atoms with Gasteiger partial charge < -0.3 is 4.52 Å². The standard InChI is InChI=1S/C18H16NOP.2ClH.Ni/c1-3-10-17(11-4-1)21(18-12-5-2-6-13-18)20-15-16-9-7-8-14-19-16;;;/h1-14H,15H2;2*1H;/q;;;+2/p-2. The molecule has 0 aliphatic heterocycles. The molecule has 2 nitrogen and oxygen atoms in total. The molecule has 6 heteroatoms. The van der Waals surface area contributed by atoms with Crippen molar-refractivity contribution in [2.75, 3.05) is 0 Å². The first-order valence-electron chi connectivity index (χ1n) is 7.10. The second-order valence-corrected chi connectivity index (χ2v) is 8.12. The Kier molecular flexibility index (Phi) is 9.35. The quantitative estimate of drug-likeness (QED) is 0.425. The summed E-state index contributed by atoms with van der Waals surface area (Å²) in [6.07, 6.45) is 1.80. The van der Waals surface area contributed by atoms with Crippen LogP contribution in [0.2, 0.25) is 0 Å². The van der Waals surface area contributed by atoms with E-state index < -0.39 is 8.15 Å². The minimum atomic E-state index is -0.815. The Hall–Kier alpha value is -0.946. The molecule has 0 aliphatic rings. The van der Waals surface area contributed by atoms with Crippen molar-refractivity contribution in [2.24, 2.45) is 0 Å². The first kappa shape index (κ1) is 19.4. The maximum absolute atomic E-state index is 6.20. The van der Waals surface area contributed by atoms with Gasteiger partial charge in [-0.1, -0.05) is 66.7 Å². The zero-order chi connectivity index (χ0) is 17.0. The normalized spacial score (nSPS) is 10.3. The van der Waals surface area contributed by atoms with Crippen molar-refractivity contribution in [1.29, 1.82) is 0 Å². The van der Waals surface area contributed by atoms with Crippen LogP contribution in [0.5, 0.6) is 0 Å². The van der Waals surface area contributed by atoms with E-state index >= 15 is 0 Å². The Morgan fingerprint density at radius 3 is 1.75 bits per heavy atom. The van der Waals surface area contributed by atoms with E-state index in [1.807, 2.05) is 30.3 Å². The summed E-state index contributed by atoms with van der Waals surface area (Å²) in [6, 6.07) is 26.7. The zero-order valence-corrected chi connectivity index (χ0v) is 16.1. The smallest absolute Gasteiger partial charge is 0.0939 e. The van der Waals surface area contributed by atoms with Crippen molar-refractivity contribution >= 4 is 39.1 Å². The first-order valence-corrected chi connectivity index (χ1v) is 11.1. The van der Waals surface area contributed by atoms with E-state index in [0.29, 0.717) is 19.3 Å². The van der Waals surface area contributed by atoms with Crippen LogP contribution >= 0.6 is 28.5 Å². The minimum absolute atomic E-state index is 0.524. The molecule has 0 atom stereocenters. The van der Waals surface area contributed by atoms with Gasteiger partial charge in [-0.15, -0.1) is 0 Å². The van der Waals surface area contributed by atoms with Gasteiger partial charge in [0.25, 0.3) is 0 Å². The summed E-state index contributed by atoms with van der Waals surface area (Å²) in [5.41, 5.74) is 0.955. The molecule has 0 aliphatic carbocycles. The largest absolute Gasteiger partial charge is 0.343 e. The van der Waals surface area contributed by atoms with Crippen LogP contribution in [0.15, 0.2) is 85.1 Å². The molecular weight excluding hydrogens is 407 g/mol. The van der Waals surface area contributed by atoms with E-state index in [1.54, 1.807) is 6.20 Å². The third-order valence-corrected chi connectivity index (χ3v) is 4.97. The third-order valence-electron chi connectivity index (χ3n) is 3.05. The molecule has 0 N–H and O–H groups in total. The van der Waals surface area contributed by atoms with Crippen LogP contribution in [0.3, 0.4) is 0 Å². The second kappa shape index (κ2) is 11.6. The SMILES string of the molecule is [Cl][Ni][Cl].c1ccc(P(OCc2ccccn2)c2ccccc2)cc1. The molecule has 0 amide bonds. The van der Waals surface area contributed by atoms with Gasteiger partial charge >= 0.3 is 33.0 Å². The van der Waals surface area contributed by atoms with Gasteiger partial charge in [0, 0.05) is 16.8 Å². The molecule has 24 heavy (non-hydrogen) atoms. The van der Waals surface area contributed by atoms with Gasteiger partial charge in [-0.25, -0.2) is 0 Å². The average Bonchev–Trinajstić information content (AvgIpc) is 2.65. The van der Waals surface area contributed by atoms with Crippen LogP contribution in [0.4, 0.5) is 0 Å². The van der Waals surface area contributed by atoms with Crippen LogP contribution in [0.25, 0.3) is 0 Å². The number of pyridine rings is 1. The first-order chi connectivity index (χ1) is 11.8. The summed E-state index contributed by atoms with van der Waals surface area (Å²) in [5, 5.41) is 2.43. The number of hydrogen-bond acceptors (Lipinski definition) is 2. The number of benzene rings is 2. The molecule has 3 aromatic rings. The van der Waals surface area contributed by atoms with Crippen LogP contribution in [-0.2, 0) is 23.8 Å². The van der Waals surface area contributed by atoms with Crippen LogP contribution in [0, 0.1) is 0 Å². The Bertz CT molecular complexity index is 650. The van der Waals surface area contributed by atoms with Crippen LogP contribution < -0.4 is 10.6 Å². The molecule has 0 saturated carbocycles. The maximum atomic E-state index is 6.20. The van der Waals surface area contributed by atoms with E-state index in [9.17, 15) is 0 Å². The van der Waals surface area contributed by atoms with Crippen molar-refractivity contribution in [3.05, 3.63) is 90.8 Å². The summed E-state index contributed by atoms with van der Waals surface area (Å²) >= 11 is 0.569. The van der Waals surface area contributed by atoms with Gasteiger partial charge in [-0.05, 0) is 12.1 Å². The monoisotopic (exact) mass is 421 g/mol. The van der Waals surface area contributed by atoms with Crippen LogP contribution in [-0.4, -0.2) is 4.98 Å². The van der Waals surface area contributed by atoms with E-state index in [-0.39, 0.29) is 0 Å². The van der Waals surface area contributed by atoms with E-state index in [2.05, 4.69) is 53.5 Å². The summed E-state index contributed by atoms with van der Waals surface area (Å²) in [7, 11) is 8.59. The number of aromatic nitrogens is 1. The average molecular weight is 423 g/mol. The van der Waals surface area contributed by atoms with E-state index in [1.165, 1.54) is 10.6 Å². The summed E-state index contributed by atoms with van der Waals surface area (Å²) in [4.78, 5) is 4.32. The molecule has 1 heterocycles. The van der Waals surface area contributed by atoms with Crippen LogP contribution in [0.1, 0.15) is 5.69 Å². The summed E-state index contributed by atoms with van der Waals surface area (Å²) < 4.78 is 6.20. The molecule has 128 valence electrons. The molecule has 0 spiro atoms. The molecule has 0 radical (unpaired) electrons. The molecule has 0 bridgehead atoms. The van der Waals surface area contributed by atoms with Gasteiger partial charge in [0.15, 0.2) is 0 Å². The predicted molar refractivity (Wildman–Crippen MR) is 99.8 cm³/mol. The second-order valence-electron chi connectivity index (χ2n) is 4.61. The van der Waals surface area contributed by atoms with Crippen molar-refractivity contribution < 1.29 is 17.2 Å². The molecular formula is C18H16Cl2NNiOP. The molecule has 0 unspecified atom stereocenters. The molecule has 1 aromatic heterocycles. The maximum Gasteiger partial charge on any atom is 0.0939 e. The fourth-order valence-electron chi connectivity index (χ4n) is 2.04. The van der Waals surface area contributed by atoms with Gasteiger partial charge in [0.05, 0.1) is 20.4 Å². The Morgan fingerprint density at radius 1 is 0.792 bits per heavy atom. The summed E-state index contributed by atoms with van der Waals surface area (Å²) in [6.45, 7) is 0.524. The molecule has 2 aromatic carbocycles. The minimum Gasteiger partial charge on any atom is -0.343 e. The Labute approximate surface area is 158 Å². The Morgan fingerprint density at radius 2 is 1.29 bits per heavy atom. The van der Waals surface area contributed by atoms with Crippen molar-refractivity contribution in [2.45, 2.75) is 6.61 Å². The number of halogens is 2. The van der Waals surface area contributed by atoms with E-state index in [0.717, 1.165) is 5.69 Å². The number of nitrogens with zero attached hydrogens (tertiary/aromatic N) is 1. The van der Waals surface area contributed by atoms with Crippen molar-refractivity contribution in [3.63, 3.8) is 0 Å². The molecule has 3 rings (SSSR count). The third kappa shape index (κ3) is 6.51. The zero-order valence-electron chi connectivity index (χ0n) is 12.7. The van der Waals surface area contributed by atoms with Gasteiger partial charge in [0.1, 0.15) is 0 Å². The topological polar surface area (TPSA) is 22.1 Å². The predicted octanol–water partition coefficient (Wildman–Crippen LogP) is 5.02. The molecule has 0 fully saturated rings. The van der Waals surface area contributed by atoms with Crippen molar-refractivity contribution in [1.82, 2.24) is 4.98 Å². The molecule has 0 saturated heterocycles. The van der Waals surface area contributed by atoms with Gasteiger partial charge in [0.2, 0.25) is 0 Å². The Balaban J connectivity index is 0.000000647. The van der Waals surface area contributed by atoms with Gasteiger partial charge in [-0.2, -0.15) is 0 Å². The fraction of sp³-hybridized carbons (Fsp3) is 0.0556. The van der Waals surface area contributed by atoms with Gasteiger partial charge in [-0.3, -0.25) is 4.98 Å². The summed E-state index contributed by atoms with van der Waals surface area (Å²) in [5.74, 6) is 0.